The van der Waals surface area contributed by atoms with Crippen molar-refractivity contribution in [2.75, 3.05) is 7.05 Å². The second-order valence-electron chi connectivity index (χ2n) is 5.45. The van der Waals surface area contributed by atoms with Crippen LogP contribution >= 0.6 is 0 Å². The van der Waals surface area contributed by atoms with E-state index in [1.807, 2.05) is 18.2 Å². The molecular weight excluding hydrogens is 226 g/mol. The van der Waals surface area contributed by atoms with Crippen LogP contribution in [0.15, 0.2) is 24.3 Å². The predicted molar refractivity (Wildman–Crippen MR) is 70.1 cm³/mol. The molecule has 18 heavy (non-hydrogen) atoms. The van der Waals surface area contributed by atoms with Gasteiger partial charge in [0, 0.05) is 17.6 Å². The summed E-state index contributed by atoms with van der Waals surface area (Å²) in [6, 6.07) is 8.81. The lowest BCUT2D eigenvalue weighted by Gasteiger charge is -2.36. The molecule has 0 aliphatic carbocycles. The van der Waals surface area contributed by atoms with Crippen LogP contribution in [0, 0.1) is 0 Å². The van der Waals surface area contributed by atoms with E-state index in [-0.39, 0.29) is 0 Å². The zero-order valence-corrected chi connectivity index (χ0v) is 10.7. The molecule has 2 heterocycles. The third-order valence-electron chi connectivity index (χ3n) is 4.35. The molecule has 2 bridgehead atoms. The quantitative estimate of drug-likeness (QED) is 0.766. The highest BCUT2D eigenvalue weighted by molar-refractivity contribution is 5.75. The molecule has 0 amide bonds. The van der Waals surface area contributed by atoms with Crippen LogP contribution in [0.4, 0.5) is 0 Å². The van der Waals surface area contributed by atoms with Crippen LogP contribution < -0.4 is 4.74 Å². The largest absolute Gasteiger partial charge is 0.490 e. The first-order valence-corrected chi connectivity index (χ1v) is 6.70. The van der Waals surface area contributed by atoms with Gasteiger partial charge in [0.05, 0.1) is 0 Å². The third kappa shape index (κ3) is 2.15. The maximum Gasteiger partial charge on any atom is 0.150 e. The molecule has 2 aliphatic rings. The van der Waals surface area contributed by atoms with E-state index in [2.05, 4.69) is 11.9 Å². The van der Waals surface area contributed by atoms with E-state index in [1.165, 1.54) is 12.8 Å². The molecule has 2 unspecified atom stereocenters. The summed E-state index contributed by atoms with van der Waals surface area (Å²) >= 11 is 0. The Bertz CT molecular complexity index is 432. The smallest absolute Gasteiger partial charge is 0.150 e. The lowest BCUT2D eigenvalue weighted by Crippen LogP contribution is -2.43. The minimum absolute atomic E-state index is 0.306. The molecule has 0 radical (unpaired) electrons. The highest BCUT2D eigenvalue weighted by atomic mass is 16.5. The van der Waals surface area contributed by atoms with E-state index in [4.69, 9.17) is 4.74 Å². The Morgan fingerprint density at radius 2 is 2.00 bits per heavy atom. The topological polar surface area (TPSA) is 29.5 Å². The summed E-state index contributed by atoms with van der Waals surface area (Å²) in [7, 11) is 2.23. The van der Waals surface area contributed by atoms with E-state index >= 15 is 0 Å². The fourth-order valence-corrected chi connectivity index (χ4v) is 3.31. The average molecular weight is 245 g/mol. The Morgan fingerprint density at radius 3 is 2.67 bits per heavy atom. The first-order valence-electron chi connectivity index (χ1n) is 6.70. The lowest BCUT2D eigenvalue weighted by molar-refractivity contribution is 0.0661. The summed E-state index contributed by atoms with van der Waals surface area (Å²) in [6.45, 7) is 0. The summed E-state index contributed by atoms with van der Waals surface area (Å²) in [5.74, 6) is 0.827. The summed E-state index contributed by atoms with van der Waals surface area (Å²) in [5.41, 5.74) is 0.684. The van der Waals surface area contributed by atoms with Crippen molar-refractivity contribution in [2.24, 2.45) is 0 Å². The van der Waals surface area contributed by atoms with E-state index in [0.29, 0.717) is 23.8 Å². The van der Waals surface area contributed by atoms with Gasteiger partial charge in [-0.15, -0.1) is 0 Å². The molecule has 3 rings (SSSR count). The molecular formula is C15H19NO2. The number of rotatable bonds is 3. The second-order valence-corrected chi connectivity index (χ2v) is 5.45. The number of nitrogens with zero attached hydrogens (tertiary/aromatic N) is 1. The van der Waals surface area contributed by atoms with Gasteiger partial charge in [-0.3, -0.25) is 4.79 Å². The zero-order chi connectivity index (χ0) is 12.5. The Kier molecular flexibility index (Phi) is 3.08. The van der Waals surface area contributed by atoms with Crippen LogP contribution in [-0.4, -0.2) is 36.4 Å². The Hall–Kier alpha value is -1.35. The minimum atomic E-state index is 0.306. The van der Waals surface area contributed by atoms with Gasteiger partial charge in [-0.05, 0) is 44.9 Å². The maximum atomic E-state index is 10.7. The van der Waals surface area contributed by atoms with Crippen molar-refractivity contribution in [2.45, 2.75) is 43.9 Å². The van der Waals surface area contributed by atoms with Gasteiger partial charge in [-0.1, -0.05) is 12.1 Å². The summed E-state index contributed by atoms with van der Waals surface area (Å²) < 4.78 is 6.04. The van der Waals surface area contributed by atoms with Crippen molar-refractivity contribution < 1.29 is 9.53 Å². The standard InChI is InChI=1S/C15H19NO2/c1-16-12-5-6-13(16)9-15(8-12)18-14-4-2-3-11(7-14)10-17/h2-4,7,10,12-13,15H,5-6,8-9H2,1H3. The van der Waals surface area contributed by atoms with Crippen molar-refractivity contribution in [3.05, 3.63) is 29.8 Å². The number of fused-ring (bicyclic) bond motifs is 2. The SMILES string of the molecule is CN1C2CCC1CC(Oc1cccc(C=O)c1)C2. The van der Waals surface area contributed by atoms with E-state index < -0.39 is 0 Å². The Labute approximate surface area is 108 Å². The number of ether oxygens (including phenoxy) is 1. The number of piperidine rings is 1. The van der Waals surface area contributed by atoms with Gasteiger partial charge in [0.1, 0.15) is 18.1 Å². The van der Waals surface area contributed by atoms with Crippen molar-refractivity contribution in [3.63, 3.8) is 0 Å². The molecule has 3 nitrogen and oxygen atoms in total. The van der Waals surface area contributed by atoms with Crippen molar-refractivity contribution in [3.8, 4) is 5.75 Å². The van der Waals surface area contributed by atoms with Gasteiger partial charge in [0.2, 0.25) is 0 Å². The van der Waals surface area contributed by atoms with Crippen LogP contribution in [0.5, 0.6) is 5.75 Å². The van der Waals surface area contributed by atoms with Gasteiger partial charge in [0.15, 0.2) is 0 Å². The minimum Gasteiger partial charge on any atom is -0.490 e. The van der Waals surface area contributed by atoms with E-state index in [1.54, 1.807) is 6.07 Å². The van der Waals surface area contributed by atoms with Crippen LogP contribution in [0.2, 0.25) is 0 Å². The van der Waals surface area contributed by atoms with Gasteiger partial charge in [-0.25, -0.2) is 0 Å². The van der Waals surface area contributed by atoms with Gasteiger partial charge in [-0.2, -0.15) is 0 Å². The van der Waals surface area contributed by atoms with Crippen molar-refractivity contribution in [1.29, 1.82) is 0 Å². The van der Waals surface area contributed by atoms with Crippen LogP contribution in [-0.2, 0) is 0 Å². The highest BCUT2D eigenvalue weighted by Gasteiger charge is 2.39. The van der Waals surface area contributed by atoms with Gasteiger partial charge in [0.25, 0.3) is 0 Å². The zero-order valence-electron chi connectivity index (χ0n) is 10.7. The fraction of sp³-hybridized carbons (Fsp3) is 0.533. The number of benzene rings is 1. The average Bonchev–Trinajstić information content (AvgIpc) is 2.62. The molecule has 1 aromatic rings. The third-order valence-corrected chi connectivity index (χ3v) is 4.35. The monoisotopic (exact) mass is 245 g/mol. The van der Waals surface area contributed by atoms with E-state index in [9.17, 15) is 4.79 Å². The summed E-state index contributed by atoms with van der Waals surface area (Å²) in [6.07, 6.45) is 5.99. The molecule has 2 aliphatic heterocycles. The number of carbonyl (C=O) groups is 1. The fourth-order valence-electron chi connectivity index (χ4n) is 3.31. The molecule has 2 fully saturated rings. The molecule has 3 heteroatoms. The molecule has 0 N–H and O–H groups in total. The second kappa shape index (κ2) is 4.73. The van der Waals surface area contributed by atoms with Crippen molar-refractivity contribution >= 4 is 6.29 Å². The molecule has 96 valence electrons. The van der Waals surface area contributed by atoms with Gasteiger partial charge >= 0.3 is 0 Å². The molecule has 1 aromatic carbocycles. The summed E-state index contributed by atoms with van der Waals surface area (Å²) in [4.78, 5) is 13.2. The highest BCUT2D eigenvalue weighted by Crippen LogP contribution is 2.35. The summed E-state index contributed by atoms with van der Waals surface area (Å²) in [5, 5.41) is 0. The molecule has 0 aromatic heterocycles. The van der Waals surface area contributed by atoms with Crippen LogP contribution in [0.1, 0.15) is 36.0 Å². The number of aldehydes is 1. The van der Waals surface area contributed by atoms with E-state index in [0.717, 1.165) is 24.9 Å². The number of hydrogen-bond donors (Lipinski definition) is 0. The maximum absolute atomic E-state index is 10.7. The molecule has 0 saturated carbocycles. The number of carbonyl (C=O) groups excluding carboxylic acids is 1. The Morgan fingerprint density at radius 1 is 1.28 bits per heavy atom. The number of hydrogen-bond acceptors (Lipinski definition) is 3. The van der Waals surface area contributed by atoms with Crippen molar-refractivity contribution in [1.82, 2.24) is 4.90 Å². The normalized spacial score (nSPS) is 31.3. The van der Waals surface area contributed by atoms with Gasteiger partial charge < -0.3 is 9.64 Å². The van der Waals surface area contributed by atoms with Crippen LogP contribution in [0.25, 0.3) is 0 Å². The molecule has 2 atom stereocenters. The predicted octanol–water partition coefficient (Wildman–Crippen LogP) is 2.50. The van der Waals surface area contributed by atoms with Crippen LogP contribution in [0.3, 0.4) is 0 Å². The first-order chi connectivity index (χ1) is 8.76. The lowest BCUT2D eigenvalue weighted by atomic mass is 10.0. The molecule has 0 spiro atoms. The Balaban J connectivity index is 1.68. The first kappa shape index (κ1) is 11.7. The molecule has 2 saturated heterocycles.